The quantitative estimate of drug-likeness (QED) is 0.709. The Balaban J connectivity index is 1.75. The average molecular weight is 339 g/mol. The summed E-state index contributed by atoms with van der Waals surface area (Å²) in [5, 5.41) is 2.87. The number of nitrogens with one attached hydrogen (secondary N) is 2. The molecule has 0 fully saturated rings. The maximum absolute atomic E-state index is 12.2. The minimum Gasteiger partial charge on any atom is -0.355 e. The summed E-state index contributed by atoms with van der Waals surface area (Å²) in [4.78, 5) is 14.4. The summed E-state index contributed by atoms with van der Waals surface area (Å²) in [7, 11) is -3.16. The van der Waals surface area contributed by atoms with Gasteiger partial charge in [0.1, 0.15) is 0 Å². The Morgan fingerprint density at radius 3 is 2.65 bits per heavy atom. The largest absolute Gasteiger partial charge is 0.355 e. The lowest BCUT2D eigenvalue weighted by atomic mass is 9.99. The molecule has 1 heterocycles. The standard InChI is InChI=1S/C16H25N3O3S/c1-13(16(20)17-9-5-10-18-23(2,21)22)19-11-8-14-6-3-4-7-15(14)12-19/h3-4,6-7,13,18H,5,8-12H2,1-2H3,(H,17,20)/t13-/m1/s1. The highest BCUT2D eigenvalue weighted by molar-refractivity contribution is 7.88. The summed E-state index contributed by atoms with van der Waals surface area (Å²) < 4.78 is 24.3. The number of sulfonamides is 1. The number of benzene rings is 1. The van der Waals surface area contributed by atoms with Crippen LogP contribution in [0.2, 0.25) is 0 Å². The third-order valence-electron chi connectivity index (χ3n) is 4.10. The molecule has 0 aromatic heterocycles. The molecular weight excluding hydrogens is 314 g/mol. The van der Waals surface area contributed by atoms with E-state index in [0.29, 0.717) is 19.5 Å². The first-order valence-corrected chi connectivity index (χ1v) is 9.79. The SMILES string of the molecule is C[C@H](C(=O)NCCCNS(C)(=O)=O)N1CCc2ccccc2C1. The van der Waals surface area contributed by atoms with Crippen LogP contribution >= 0.6 is 0 Å². The molecule has 23 heavy (non-hydrogen) atoms. The fourth-order valence-electron chi connectivity index (χ4n) is 2.72. The van der Waals surface area contributed by atoms with E-state index in [1.54, 1.807) is 0 Å². The topological polar surface area (TPSA) is 78.5 Å². The molecule has 1 aliphatic rings. The molecule has 1 atom stereocenters. The number of nitrogens with zero attached hydrogens (tertiary/aromatic N) is 1. The van der Waals surface area contributed by atoms with E-state index in [0.717, 1.165) is 25.8 Å². The van der Waals surface area contributed by atoms with E-state index in [4.69, 9.17) is 0 Å². The summed E-state index contributed by atoms with van der Waals surface area (Å²) in [5.41, 5.74) is 2.65. The van der Waals surface area contributed by atoms with Crippen molar-refractivity contribution in [3.05, 3.63) is 35.4 Å². The predicted octanol–water partition coefficient (Wildman–Crippen LogP) is 0.489. The van der Waals surface area contributed by atoms with Gasteiger partial charge in [0.15, 0.2) is 0 Å². The zero-order valence-corrected chi connectivity index (χ0v) is 14.5. The molecule has 6 nitrogen and oxygen atoms in total. The van der Waals surface area contributed by atoms with Gasteiger partial charge in [0, 0.05) is 26.2 Å². The second-order valence-corrected chi connectivity index (χ2v) is 7.81. The Bertz CT molecular complexity index is 646. The van der Waals surface area contributed by atoms with Crippen molar-refractivity contribution in [1.29, 1.82) is 0 Å². The van der Waals surface area contributed by atoms with Crippen LogP contribution in [0.5, 0.6) is 0 Å². The summed E-state index contributed by atoms with van der Waals surface area (Å²) in [6.07, 6.45) is 2.67. The predicted molar refractivity (Wildman–Crippen MR) is 90.5 cm³/mol. The zero-order chi connectivity index (χ0) is 16.9. The lowest BCUT2D eigenvalue weighted by molar-refractivity contribution is -0.126. The van der Waals surface area contributed by atoms with E-state index in [1.807, 2.05) is 13.0 Å². The van der Waals surface area contributed by atoms with Crippen LogP contribution in [-0.2, 0) is 27.8 Å². The number of rotatable bonds is 7. The molecular formula is C16H25N3O3S. The Kier molecular flexibility index (Phi) is 6.15. The molecule has 0 saturated carbocycles. The number of amides is 1. The second kappa shape index (κ2) is 7.90. The fourth-order valence-corrected chi connectivity index (χ4v) is 3.23. The van der Waals surface area contributed by atoms with Crippen molar-refractivity contribution >= 4 is 15.9 Å². The van der Waals surface area contributed by atoms with Crippen LogP contribution < -0.4 is 10.0 Å². The summed E-state index contributed by atoms with van der Waals surface area (Å²) in [5.74, 6) is -0.0104. The summed E-state index contributed by atoms with van der Waals surface area (Å²) in [6, 6.07) is 8.15. The molecule has 0 spiro atoms. The molecule has 1 aromatic carbocycles. The first-order chi connectivity index (χ1) is 10.9. The van der Waals surface area contributed by atoms with Crippen LogP contribution in [0.15, 0.2) is 24.3 Å². The molecule has 0 aliphatic carbocycles. The molecule has 1 aliphatic heterocycles. The van der Waals surface area contributed by atoms with E-state index in [2.05, 4.69) is 33.1 Å². The van der Waals surface area contributed by atoms with E-state index in [1.165, 1.54) is 11.1 Å². The molecule has 0 saturated heterocycles. The number of hydrogen-bond acceptors (Lipinski definition) is 4. The lowest BCUT2D eigenvalue weighted by Crippen LogP contribution is -2.47. The van der Waals surface area contributed by atoms with Crippen LogP contribution in [0.4, 0.5) is 0 Å². The Morgan fingerprint density at radius 1 is 1.26 bits per heavy atom. The maximum atomic E-state index is 12.2. The van der Waals surface area contributed by atoms with E-state index in [9.17, 15) is 13.2 Å². The monoisotopic (exact) mass is 339 g/mol. The van der Waals surface area contributed by atoms with E-state index < -0.39 is 10.0 Å². The third-order valence-corrected chi connectivity index (χ3v) is 4.83. The van der Waals surface area contributed by atoms with Gasteiger partial charge in [0.25, 0.3) is 0 Å². The van der Waals surface area contributed by atoms with Crippen molar-refractivity contribution in [2.75, 3.05) is 25.9 Å². The van der Waals surface area contributed by atoms with Crippen molar-refractivity contribution in [2.45, 2.75) is 32.4 Å². The Labute approximate surface area is 138 Å². The molecule has 1 amide bonds. The van der Waals surface area contributed by atoms with Crippen molar-refractivity contribution in [3.63, 3.8) is 0 Å². The summed E-state index contributed by atoms with van der Waals surface area (Å²) >= 11 is 0. The fraction of sp³-hybridized carbons (Fsp3) is 0.562. The molecule has 2 rings (SSSR count). The van der Waals surface area contributed by atoms with Gasteiger partial charge in [-0.25, -0.2) is 13.1 Å². The second-order valence-electron chi connectivity index (χ2n) is 5.98. The van der Waals surface area contributed by atoms with Gasteiger partial charge in [-0.15, -0.1) is 0 Å². The van der Waals surface area contributed by atoms with Gasteiger partial charge in [-0.1, -0.05) is 24.3 Å². The molecule has 7 heteroatoms. The number of hydrogen-bond donors (Lipinski definition) is 2. The minimum absolute atomic E-state index is 0.0104. The highest BCUT2D eigenvalue weighted by Gasteiger charge is 2.24. The lowest BCUT2D eigenvalue weighted by Gasteiger charge is -2.32. The van der Waals surface area contributed by atoms with Crippen molar-refractivity contribution in [1.82, 2.24) is 14.9 Å². The molecule has 1 aromatic rings. The molecule has 0 radical (unpaired) electrons. The van der Waals surface area contributed by atoms with Crippen LogP contribution in [0.1, 0.15) is 24.5 Å². The van der Waals surface area contributed by atoms with Crippen LogP contribution in [0.25, 0.3) is 0 Å². The van der Waals surface area contributed by atoms with Gasteiger partial charge in [-0.2, -0.15) is 0 Å². The highest BCUT2D eigenvalue weighted by atomic mass is 32.2. The number of fused-ring (bicyclic) bond motifs is 1. The van der Waals surface area contributed by atoms with Crippen LogP contribution in [-0.4, -0.2) is 51.2 Å². The molecule has 2 N–H and O–H groups in total. The van der Waals surface area contributed by atoms with Gasteiger partial charge in [0.2, 0.25) is 15.9 Å². The van der Waals surface area contributed by atoms with Crippen molar-refractivity contribution in [3.8, 4) is 0 Å². The number of carbonyl (C=O) groups excluding carboxylic acids is 1. The average Bonchev–Trinajstić information content (AvgIpc) is 2.52. The van der Waals surface area contributed by atoms with Crippen LogP contribution in [0.3, 0.4) is 0 Å². The first-order valence-electron chi connectivity index (χ1n) is 7.90. The van der Waals surface area contributed by atoms with Gasteiger partial charge in [0.05, 0.1) is 12.3 Å². The smallest absolute Gasteiger partial charge is 0.237 e. The zero-order valence-electron chi connectivity index (χ0n) is 13.7. The van der Waals surface area contributed by atoms with E-state index >= 15 is 0 Å². The highest BCUT2D eigenvalue weighted by Crippen LogP contribution is 2.20. The van der Waals surface area contributed by atoms with Crippen LogP contribution in [0, 0.1) is 0 Å². The first kappa shape index (κ1) is 17.9. The van der Waals surface area contributed by atoms with Crippen molar-refractivity contribution in [2.24, 2.45) is 0 Å². The summed E-state index contributed by atoms with van der Waals surface area (Å²) in [6.45, 7) is 4.39. The van der Waals surface area contributed by atoms with Gasteiger partial charge in [-0.05, 0) is 30.9 Å². The third kappa shape index (κ3) is 5.60. The van der Waals surface area contributed by atoms with E-state index in [-0.39, 0.29) is 11.9 Å². The normalized spacial score (nSPS) is 16.6. The Morgan fingerprint density at radius 2 is 1.96 bits per heavy atom. The maximum Gasteiger partial charge on any atom is 0.237 e. The molecule has 0 bridgehead atoms. The Hall–Kier alpha value is -1.44. The minimum atomic E-state index is -3.16. The molecule has 128 valence electrons. The van der Waals surface area contributed by atoms with Gasteiger partial charge < -0.3 is 5.32 Å². The molecule has 0 unspecified atom stereocenters. The van der Waals surface area contributed by atoms with Crippen molar-refractivity contribution < 1.29 is 13.2 Å². The van der Waals surface area contributed by atoms with Gasteiger partial charge >= 0.3 is 0 Å². The number of carbonyl (C=O) groups is 1. The van der Waals surface area contributed by atoms with Gasteiger partial charge in [-0.3, -0.25) is 9.69 Å².